The second-order valence-electron chi connectivity index (χ2n) is 4.94. The van der Waals surface area contributed by atoms with Crippen LogP contribution < -0.4 is 0 Å². The highest BCUT2D eigenvalue weighted by atomic mass is 35.5. The highest BCUT2D eigenvalue weighted by molar-refractivity contribution is 6.18. The van der Waals surface area contributed by atoms with Gasteiger partial charge in [0.25, 0.3) is 0 Å². The Morgan fingerprint density at radius 1 is 1.38 bits per heavy atom. The van der Waals surface area contributed by atoms with Crippen LogP contribution in [0.15, 0.2) is 18.2 Å². The molecule has 16 heavy (non-hydrogen) atoms. The summed E-state index contributed by atoms with van der Waals surface area (Å²) in [6.07, 6.45) is 3.04. The Hall–Kier alpha value is -0.560. The Bertz CT molecular complexity index is 349. The number of hydrogen-bond acceptors (Lipinski definition) is 0. The topological polar surface area (TPSA) is 0 Å². The van der Waals surface area contributed by atoms with E-state index in [1.807, 2.05) is 13.0 Å². The molecule has 0 bridgehead atoms. The molecule has 0 aliphatic carbocycles. The maximum atomic E-state index is 13.2. The van der Waals surface area contributed by atoms with Crippen LogP contribution in [-0.2, 0) is 6.42 Å². The highest BCUT2D eigenvalue weighted by Crippen LogP contribution is 2.31. The van der Waals surface area contributed by atoms with Gasteiger partial charge in [0.05, 0.1) is 0 Å². The summed E-state index contributed by atoms with van der Waals surface area (Å²) in [7, 11) is 0. The van der Waals surface area contributed by atoms with E-state index >= 15 is 0 Å². The van der Waals surface area contributed by atoms with Gasteiger partial charge in [-0.2, -0.15) is 0 Å². The molecule has 0 fully saturated rings. The van der Waals surface area contributed by atoms with Crippen LogP contribution in [0.1, 0.15) is 37.8 Å². The highest BCUT2D eigenvalue weighted by Gasteiger charge is 2.23. The van der Waals surface area contributed by atoms with E-state index in [1.165, 1.54) is 6.07 Å². The Kier molecular flexibility index (Phi) is 4.79. The maximum absolute atomic E-state index is 13.2. The molecule has 0 N–H and O–H groups in total. The normalized spacial score (nSPS) is 14.8. The van der Waals surface area contributed by atoms with Crippen LogP contribution in [0.4, 0.5) is 4.39 Å². The van der Waals surface area contributed by atoms with E-state index in [1.54, 1.807) is 6.07 Å². The van der Waals surface area contributed by atoms with Gasteiger partial charge in [0.2, 0.25) is 0 Å². The van der Waals surface area contributed by atoms with Crippen molar-refractivity contribution in [2.45, 2.75) is 40.0 Å². The molecule has 2 heteroatoms. The van der Waals surface area contributed by atoms with E-state index in [-0.39, 0.29) is 11.2 Å². The summed E-state index contributed by atoms with van der Waals surface area (Å²) in [6.45, 7) is 6.35. The zero-order chi connectivity index (χ0) is 12.2. The molecule has 0 aliphatic rings. The molecule has 0 saturated heterocycles. The number of halogens is 2. The van der Waals surface area contributed by atoms with Crippen LogP contribution in [0.5, 0.6) is 0 Å². The molecule has 0 aliphatic heterocycles. The van der Waals surface area contributed by atoms with Crippen LogP contribution in [0.25, 0.3) is 0 Å². The fraction of sp³-hybridized carbons (Fsp3) is 0.571. The van der Waals surface area contributed by atoms with Gasteiger partial charge in [-0.3, -0.25) is 0 Å². The van der Waals surface area contributed by atoms with Gasteiger partial charge in [0.1, 0.15) is 5.82 Å². The lowest BCUT2D eigenvalue weighted by Crippen LogP contribution is -2.22. The first-order valence-electron chi connectivity index (χ1n) is 5.82. The van der Waals surface area contributed by atoms with Gasteiger partial charge in [-0.05, 0) is 48.4 Å². The molecule has 0 aromatic heterocycles. The molecular formula is C14H20ClF. The standard InChI is InChI=1S/C14H20ClF/c1-4-7-14(3,10-15)9-12-8-13(16)6-5-11(12)2/h5-6,8H,4,7,9-10H2,1-3H3. The van der Waals surface area contributed by atoms with Crippen molar-refractivity contribution in [1.29, 1.82) is 0 Å². The van der Waals surface area contributed by atoms with E-state index in [2.05, 4.69) is 13.8 Å². The fourth-order valence-electron chi connectivity index (χ4n) is 2.10. The van der Waals surface area contributed by atoms with Crippen molar-refractivity contribution in [3.05, 3.63) is 35.1 Å². The molecule has 1 aromatic carbocycles. The Labute approximate surface area is 103 Å². The van der Waals surface area contributed by atoms with Gasteiger partial charge >= 0.3 is 0 Å². The van der Waals surface area contributed by atoms with Crippen molar-refractivity contribution in [2.75, 3.05) is 5.88 Å². The Morgan fingerprint density at radius 3 is 2.62 bits per heavy atom. The molecular weight excluding hydrogens is 223 g/mol. The minimum atomic E-state index is -0.158. The summed E-state index contributed by atoms with van der Waals surface area (Å²) in [5.41, 5.74) is 2.31. The summed E-state index contributed by atoms with van der Waals surface area (Å²) >= 11 is 6.04. The van der Waals surface area contributed by atoms with Gasteiger partial charge in [0.15, 0.2) is 0 Å². The first-order chi connectivity index (χ1) is 7.50. The van der Waals surface area contributed by atoms with Crippen molar-refractivity contribution in [3.8, 4) is 0 Å². The summed E-state index contributed by atoms with van der Waals surface area (Å²) in [5, 5.41) is 0. The smallest absolute Gasteiger partial charge is 0.123 e. The van der Waals surface area contributed by atoms with Crippen LogP contribution in [0.3, 0.4) is 0 Å². The van der Waals surface area contributed by atoms with E-state index in [9.17, 15) is 4.39 Å². The Balaban J connectivity index is 2.89. The summed E-state index contributed by atoms with van der Waals surface area (Å²) in [5.74, 6) is 0.464. The molecule has 0 spiro atoms. The van der Waals surface area contributed by atoms with Crippen molar-refractivity contribution in [2.24, 2.45) is 5.41 Å². The summed E-state index contributed by atoms with van der Waals surface area (Å²) in [6, 6.07) is 4.98. The predicted molar refractivity (Wildman–Crippen MR) is 68.6 cm³/mol. The number of hydrogen-bond donors (Lipinski definition) is 0. The van der Waals surface area contributed by atoms with Crippen LogP contribution in [0.2, 0.25) is 0 Å². The third-order valence-electron chi connectivity index (χ3n) is 3.10. The second-order valence-corrected chi connectivity index (χ2v) is 5.21. The van der Waals surface area contributed by atoms with Gasteiger partial charge in [-0.15, -0.1) is 11.6 Å². The van der Waals surface area contributed by atoms with Gasteiger partial charge in [-0.25, -0.2) is 4.39 Å². The molecule has 0 saturated carbocycles. The lowest BCUT2D eigenvalue weighted by molar-refractivity contribution is 0.334. The molecule has 0 radical (unpaired) electrons. The number of benzene rings is 1. The number of aryl methyl sites for hydroxylation is 1. The van der Waals surface area contributed by atoms with Crippen LogP contribution >= 0.6 is 11.6 Å². The van der Waals surface area contributed by atoms with Crippen LogP contribution in [-0.4, -0.2) is 5.88 Å². The minimum absolute atomic E-state index is 0.0782. The van der Waals surface area contributed by atoms with Gasteiger partial charge in [-0.1, -0.05) is 26.3 Å². The average molecular weight is 243 g/mol. The first-order valence-corrected chi connectivity index (χ1v) is 6.35. The molecule has 1 aromatic rings. The zero-order valence-corrected chi connectivity index (χ0v) is 11.1. The largest absolute Gasteiger partial charge is 0.207 e. The van der Waals surface area contributed by atoms with Crippen molar-refractivity contribution >= 4 is 11.6 Å². The lowest BCUT2D eigenvalue weighted by atomic mass is 9.80. The molecule has 1 atom stereocenters. The van der Waals surface area contributed by atoms with E-state index in [0.717, 1.165) is 30.4 Å². The number of alkyl halides is 1. The quantitative estimate of drug-likeness (QED) is 0.656. The zero-order valence-electron chi connectivity index (χ0n) is 10.3. The summed E-state index contributed by atoms with van der Waals surface area (Å²) < 4.78 is 13.2. The third-order valence-corrected chi connectivity index (χ3v) is 3.75. The molecule has 0 heterocycles. The fourth-order valence-corrected chi connectivity index (χ4v) is 2.32. The first kappa shape index (κ1) is 13.5. The second kappa shape index (κ2) is 5.67. The molecule has 0 amide bonds. The van der Waals surface area contributed by atoms with Gasteiger partial charge in [0, 0.05) is 5.88 Å². The predicted octanol–water partition coefficient (Wildman–Crippen LogP) is 4.72. The SMILES string of the molecule is CCCC(C)(CCl)Cc1cc(F)ccc1C. The molecule has 1 rings (SSSR count). The van der Waals surface area contributed by atoms with E-state index in [4.69, 9.17) is 11.6 Å². The Morgan fingerprint density at radius 2 is 2.06 bits per heavy atom. The van der Waals surface area contributed by atoms with E-state index < -0.39 is 0 Å². The summed E-state index contributed by atoms with van der Waals surface area (Å²) in [4.78, 5) is 0. The minimum Gasteiger partial charge on any atom is -0.207 e. The van der Waals surface area contributed by atoms with E-state index in [0.29, 0.717) is 5.88 Å². The number of rotatable bonds is 5. The molecule has 90 valence electrons. The lowest BCUT2D eigenvalue weighted by Gasteiger charge is -2.27. The molecule has 1 unspecified atom stereocenters. The monoisotopic (exact) mass is 242 g/mol. The van der Waals surface area contributed by atoms with Crippen LogP contribution in [0, 0.1) is 18.2 Å². The van der Waals surface area contributed by atoms with Crippen molar-refractivity contribution < 1.29 is 4.39 Å². The van der Waals surface area contributed by atoms with Crippen molar-refractivity contribution in [1.82, 2.24) is 0 Å². The third kappa shape index (κ3) is 3.48. The maximum Gasteiger partial charge on any atom is 0.123 e. The van der Waals surface area contributed by atoms with Crippen molar-refractivity contribution in [3.63, 3.8) is 0 Å². The van der Waals surface area contributed by atoms with Gasteiger partial charge < -0.3 is 0 Å². The average Bonchev–Trinajstić information content (AvgIpc) is 2.24. The molecule has 0 nitrogen and oxygen atoms in total.